The molecule has 1 N–H and O–H groups in total. The van der Waals surface area contributed by atoms with E-state index in [1.807, 2.05) is 20.8 Å². The Morgan fingerprint density at radius 2 is 1.87 bits per heavy atom. The molecule has 15 heavy (non-hydrogen) atoms. The van der Waals surface area contributed by atoms with Crippen molar-refractivity contribution in [3.63, 3.8) is 0 Å². The fourth-order valence-corrected chi connectivity index (χ4v) is 4.02. The minimum absolute atomic E-state index is 0.270. The highest BCUT2D eigenvalue weighted by molar-refractivity contribution is 6.78. The van der Waals surface area contributed by atoms with E-state index in [-0.39, 0.29) is 6.09 Å². The van der Waals surface area contributed by atoms with Crippen LogP contribution in [0.4, 0.5) is 4.79 Å². The fraction of sp³-hybridized carbons (Fsp3) is 0.909. The molecule has 88 valence electrons. The molecule has 4 heteroatoms. The SMILES string of the molecule is CC(C)(C)OC(=O)N[C@@H]1C[C@H]1[Si](C)(C)C. The summed E-state index contributed by atoms with van der Waals surface area (Å²) in [6.45, 7) is 12.7. The number of hydrogen-bond acceptors (Lipinski definition) is 2. The molecule has 0 saturated heterocycles. The Labute approximate surface area is 93.6 Å². The number of carbonyl (C=O) groups excluding carboxylic acids is 1. The number of alkyl carbamates (subject to hydrolysis) is 1. The second kappa shape index (κ2) is 3.81. The van der Waals surface area contributed by atoms with Crippen molar-refractivity contribution in [2.24, 2.45) is 0 Å². The standard InChI is InChI=1S/C11H23NO2Si/c1-11(2,3)14-10(13)12-8-7-9(8)15(4,5)6/h8-9H,7H2,1-6H3,(H,12,13)/t8-,9-/m1/s1. The summed E-state index contributed by atoms with van der Waals surface area (Å²) in [4.78, 5) is 11.5. The van der Waals surface area contributed by atoms with E-state index >= 15 is 0 Å². The van der Waals surface area contributed by atoms with Crippen molar-refractivity contribution >= 4 is 14.2 Å². The summed E-state index contributed by atoms with van der Waals surface area (Å²) < 4.78 is 5.21. The molecule has 0 radical (unpaired) electrons. The van der Waals surface area contributed by atoms with Gasteiger partial charge in [-0.15, -0.1) is 0 Å². The predicted octanol–water partition coefficient (Wildman–Crippen LogP) is 2.99. The van der Waals surface area contributed by atoms with Crippen LogP contribution >= 0.6 is 0 Å². The molecule has 3 nitrogen and oxygen atoms in total. The molecule has 1 aliphatic rings. The van der Waals surface area contributed by atoms with Crippen LogP contribution in [0.5, 0.6) is 0 Å². The van der Waals surface area contributed by atoms with Gasteiger partial charge in [0.1, 0.15) is 5.60 Å². The van der Waals surface area contributed by atoms with Crippen molar-refractivity contribution in [1.82, 2.24) is 5.32 Å². The molecule has 1 rings (SSSR count). The first kappa shape index (κ1) is 12.6. The lowest BCUT2D eigenvalue weighted by Crippen LogP contribution is -2.35. The van der Waals surface area contributed by atoms with Crippen LogP contribution < -0.4 is 5.32 Å². The van der Waals surface area contributed by atoms with E-state index in [4.69, 9.17) is 4.74 Å². The predicted molar refractivity (Wildman–Crippen MR) is 64.9 cm³/mol. The highest BCUT2D eigenvalue weighted by Gasteiger charge is 2.47. The van der Waals surface area contributed by atoms with Crippen molar-refractivity contribution in [3.05, 3.63) is 0 Å². The van der Waals surface area contributed by atoms with Crippen LogP contribution in [0.3, 0.4) is 0 Å². The molecule has 2 atom stereocenters. The molecule has 0 aromatic carbocycles. The van der Waals surface area contributed by atoms with E-state index < -0.39 is 13.7 Å². The number of amides is 1. The Hall–Kier alpha value is -0.513. The number of rotatable bonds is 2. The van der Waals surface area contributed by atoms with Gasteiger partial charge in [-0.3, -0.25) is 0 Å². The van der Waals surface area contributed by atoms with E-state index in [1.165, 1.54) is 0 Å². The normalized spacial score (nSPS) is 26.0. The van der Waals surface area contributed by atoms with Crippen LogP contribution in [-0.4, -0.2) is 25.8 Å². The summed E-state index contributed by atoms with van der Waals surface area (Å²) in [5.74, 6) is 0. The van der Waals surface area contributed by atoms with Gasteiger partial charge in [0.05, 0.1) is 0 Å². The summed E-state index contributed by atoms with van der Waals surface area (Å²) in [5, 5.41) is 2.94. The lowest BCUT2D eigenvalue weighted by molar-refractivity contribution is 0.0524. The summed E-state index contributed by atoms with van der Waals surface area (Å²) in [6, 6.07) is 0.367. The van der Waals surface area contributed by atoms with Gasteiger partial charge in [-0.1, -0.05) is 19.6 Å². The van der Waals surface area contributed by atoms with Crippen molar-refractivity contribution in [2.75, 3.05) is 0 Å². The summed E-state index contributed by atoms with van der Waals surface area (Å²) >= 11 is 0. The maximum Gasteiger partial charge on any atom is 0.407 e. The highest BCUT2D eigenvalue weighted by atomic mass is 28.3. The van der Waals surface area contributed by atoms with Gasteiger partial charge in [0.2, 0.25) is 0 Å². The van der Waals surface area contributed by atoms with Gasteiger partial charge < -0.3 is 10.1 Å². The topological polar surface area (TPSA) is 38.3 Å². The Morgan fingerprint density at radius 1 is 1.33 bits per heavy atom. The van der Waals surface area contributed by atoms with E-state index in [2.05, 4.69) is 25.0 Å². The minimum Gasteiger partial charge on any atom is -0.444 e. The largest absolute Gasteiger partial charge is 0.444 e. The molecular weight excluding hydrogens is 206 g/mol. The van der Waals surface area contributed by atoms with E-state index in [1.54, 1.807) is 0 Å². The Balaban J connectivity index is 2.31. The second-order valence-electron chi connectivity index (χ2n) is 6.46. The Morgan fingerprint density at radius 3 is 2.20 bits per heavy atom. The monoisotopic (exact) mass is 229 g/mol. The average molecular weight is 229 g/mol. The zero-order valence-electron chi connectivity index (χ0n) is 10.7. The molecular formula is C11H23NO2Si. The summed E-state index contributed by atoms with van der Waals surface area (Å²) in [6.07, 6.45) is 0.864. The zero-order chi connectivity index (χ0) is 11.9. The molecule has 0 bridgehead atoms. The maximum atomic E-state index is 11.5. The smallest absolute Gasteiger partial charge is 0.407 e. The first-order valence-electron chi connectivity index (χ1n) is 5.59. The second-order valence-corrected chi connectivity index (χ2v) is 11.9. The van der Waals surface area contributed by atoms with Crippen LogP contribution in [0.25, 0.3) is 0 Å². The third-order valence-corrected chi connectivity index (χ3v) is 5.47. The van der Waals surface area contributed by atoms with Crippen LogP contribution in [0.15, 0.2) is 0 Å². The minimum atomic E-state index is -1.08. The van der Waals surface area contributed by atoms with Gasteiger partial charge in [0, 0.05) is 14.1 Å². The molecule has 0 spiro atoms. The quantitative estimate of drug-likeness (QED) is 0.739. The first-order valence-corrected chi connectivity index (χ1v) is 9.17. The third-order valence-electron chi connectivity index (χ3n) is 2.60. The van der Waals surface area contributed by atoms with Crippen LogP contribution in [0.2, 0.25) is 25.2 Å². The molecule has 0 aromatic rings. The first-order chi connectivity index (χ1) is 6.59. The van der Waals surface area contributed by atoms with Crippen LogP contribution in [-0.2, 0) is 4.74 Å². The van der Waals surface area contributed by atoms with Gasteiger partial charge in [-0.25, -0.2) is 4.79 Å². The van der Waals surface area contributed by atoms with E-state index in [9.17, 15) is 4.79 Å². The van der Waals surface area contributed by atoms with Gasteiger partial charge >= 0.3 is 6.09 Å². The lowest BCUT2D eigenvalue weighted by atomic mass is 10.2. The summed E-state index contributed by atoms with van der Waals surface area (Å²) in [5.41, 5.74) is 0.332. The third kappa shape index (κ3) is 4.24. The number of ether oxygens (including phenoxy) is 1. The zero-order valence-corrected chi connectivity index (χ0v) is 11.7. The van der Waals surface area contributed by atoms with Crippen molar-refractivity contribution in [1.29, 1.82) is 0 Å². The van der Waals surface area contributed by atoms with Crippen molar-refractivity contribution < 1.29 is 9.53 Å². The molecule has 1 fully saturated rings. The Bertz CT molecular complexity index is 252. The highest BCUT2D eigenvalue weighted by Crippen LogP contribution is 2.45. The van der Waals surface area contributed by atoms with Crippen LogP contribution in [0, 0.1) is 0 Å². The molecule has 0 heterocycles. The molecule has 0 unspecified atom stereocenters. The molecule has 0 aliphatic heterocycles. The molecule has 1 saturated carbocycles. The molecule has 1 aliphatic carbocycles. The van der Waals surface area contributed by atoms with E-state index in [0.29, 0.717) is 6.04 Å². The fourth-order valence-electron chi connectivity index (χ4n) is 1.77. The van der Waals surface area contributed by atoms with Crippen LogP contribution in [0.1, 0.15) is 27.2 Å². The number of carbonyl (C=O) groups is 1. The van der Waals surface area contributed by atoms with E-state index in [0.717, 1.165) is 12.0 Å². The number of nitrogens with one attached hydrogen (secondary N) is 1. The van der Waals surface area contributed by atoms with Gasteiger partial charge in [-0.2, -0.15) is 0 Å². The molecule has 1 amide bonds. The average Bonchev–Trinajstić information content (AvgIpc) is 2.59. The number of hydrogen-bond donors (Lipinski definition) is 1. The van der Waals surface area contributed by atoms with Gasteiger partial charge in [0.25, 0.3) is 0 Å². The maximum absolute atomic E-state index is 11.5. The lowest BCUT2D eigenvalue weighted by Gasteiger charge is -2.20. The van der Waals surface area contributed by atoms with Gasteiger partial charge in [0.15, 0.2) is 0 Å². The van der Waals surface area contributed by atoms with Gasteiger partial charge in [-0.05, 0) is 32.7 Å². The van der Waals surface area contributed by atoms with Crippen molar-refractivity contribution in [2.45, 2.75) is 64.0 Å². The summed E-state index contributed by atoms with van der Waals surface area (Å²) in [7, 11) is -1.08. The Kier molecular flexibility index (Phi) is 3.19. The molecule has 0 aromatic heterocycles. The van der Waals surface area contributed by atoms with Crippen molar-refractivity contribution in [3.8, 4) is 0 Å².